The maximum atomic E-state index is 13.9. The van der Waals surface area contributed by atoms with Crippen molar-refractivity contribution < 1.29 is 31.6 Å². The lowest BCUT2D eigenvalue weighted by atomic mass is 9.99. The third-order valence-electron chi connectivity index (χ3n) is 5.88. The summed E-state index contributed by atoms with van der Waals surface area (Å²) in [7, 11) is 1.13. The maximum Gasteiger partial charge on any atom is 0.418 e. The quantitative estimate of drug-likeness (QED) is 0.335. The Labute approximate surface area is 187 Å². The molecular weight excluding hydrogens is 440 g/mol. The SMILES string of the molecule is COC(=O)c1cc(-c2cc(-c3ccc(N4CCCCC4C)c(C(F)(F)F)c3)on2)ccc1F. The second-order valence-corrected chi connectivity index (χ2v) is 8.03. The number of alkyl halides is 3. The topological polar surface area (TPSA) is 55.6 Å². The lowest BCUT2D eigenvalue weighted by Gasteiger charge is -2.37. The van der Waals surface area contributed by atoms with Crippen LogP contribution in [-0.4, -0.2) is 30.8 Å². The number of esters is 1. The summed E-state index contributed by atoms with van der Waals surface area (Å²) in [4.78, 5) is 13.5. The molecule has 0 radical (unpaired) electrons. The summed E-state index contributed by atoms with van der Waals surface area (Å²) in [5, 5.41) is 3.89. The van der Waals surface area contributed by atoms with Crippen molar-refractivity contribution in [1.29, 1.82) is 0 Å². The van der Waals surface area contributed by atoms with Crippen LogP contribution in [0.1, 0.15) is 42.1 Å². The summed E-state index contributed by atoms with van der Waals surface area (Å²) in [5.41, 5.74) is -0.0383. The van der Waals surface area contributed by atoms with E-state index in [1.54, 1.807) is 11.0 Å². The number of halogens is 4. The van der Waals surface area contributed by atoms with Crippen LogP contribution in [0.2, 0.25) is 0 Å². The molecule has 1 aliphatic heterocycles. The first kappa shape index (κ1) is 22.8. The average Bonchev–Trinajstić information content (AvgIpc) is 3.28. The zero-order valence-corrected chi connectivity index (χ0v) is 18.1. The number of ether oxygens (including phenoxy) is 1. The Morgan fingerprint density at radius 3 is 2.58 bits per heavy atom. The van der Waals surface area contributed by atoms with Crippen LogP contribution >= 0.6 is 0 Å². The molecule has 0 spiro atoms. The largest absolute Gasteiger partial charge is 0.465 e. The van der Waals surface area contributed by atoms with Gasteiger partial charge in [0, 0.05) is 35.5 Å². The molecule has 9 heteroatoms. The highest BCUT2D eigenvalue weighted by atomic mass is 19.4. The fourth-order valence-corrected chi connectivity index (χ4v) is 4.12. The first-order chi connectivity index (χ1) is 15.7. The average molecular weight is 462 g/mol. The molecule has 1 atom stereocenters. The van der Waals surface area contributed by atoms with Gasteiger partial charge >= 0.3 is 12.1 Å². The standard InChI is InChI=1S/C24H22F4N2O3/c1-14-5-3-4-10-30(14)21-9-7-16(12-18(21)24(26,27)28)22-13-20(29-33-22)15-6-8-19(25)17(11-15)23(31)32-2/h6-9,11-14H,3-5,10H2,1-2H3. The number of aromatic nitrogens is 1. The molecule has 0 N–H and O–H groups in total. The van der Waals surface area contributed by atoms with Crippen LogP contribution in [0.15, 0.2) is 47.0 Å². The summed E-state index contributed by atoms with van der Waals surface area (Å²) in [6.07, 6.45) is -1.85. The smallest absolute Gasteiger partial charge is 0.418 e. The fraction of sp³-hybridized carbons (Fsp3) is 0.333. The van der Waals surface area contributed by atoms with Crippen molar-refractivity contribution in [2.24, 2.45) is 0 Å². The molecule has 1 aromatic heterocycles. The Hall–Kier alpha value is -3.36. The summed E-state index contributed by atoms with van der Waals surface area (Å²) < 4.78 is 65.6. The van der Waals surface area contributed by atoms with Crippen molar-refractivity contribution in [1.82, 2.24) is 5.16 Å². The van der Waals surface area contributed by atoms with Crippen LogP contribution in [0.25, 0.3) is 22.6 Å². The van der Waals surface area contributed by atoms with Gasteiger partial charge in [0.15, 0.2) is 5.76 Å². The zero-order chi connectivity index (χ0) is 23.8. The van der Waals surface area contributed by atoms with E-state index in [0.29, 0.717) is 12.1 Å². The predicted molar refractivity (Wildman–Crippen MR) is 114 cm³/mol. The maximum absolute atomic E-state index is 13.9. The summed E-state index contributed by atoms with van der Waals surface area (Å²) in [5.74, 6) is -1.49. The third kappa shape index (κ3) is 4.58. The molecule has 0 saturated carbocycles. The third-order valence-corrected chi connectivity index (χ3v) is 5.88. The van der Waals surface area contributed by atoms with Gasteiger partial charge in [-0.25, -0.2) is 9.18 Å². The van der Waals surface area contributed by atoms with Gasteiger partial charge in [0.2, 0.25) is 0 Å². The van der Waals surface area contributed by atoms with Crippen LogP contribution < -0.4 is 4.90 Å². The molecule has 1 unspecified atom stereocenters. The molecule has 1 saturated heterocycles. The van der Waals surface area contributed by atoms with Crippen LogP contribution in [0, 0.1) is 5.82 Å². The highest BCUT2D eigenvalue weighted by Gasteiger charge is 2.36. The van der Waals surface area contributed by atoms with Gasteiger partial charge in [0.1, 0.15) is 11.5 Å². The van der Waals surface area contributed by atoms with E-state index in [9.17, 15) is 22.4 Å². The van der Waals surface area contributed by atoms with Gasteiger partial charge < -0.3 is 14.2 Å². The van der Waals surface area contributed by atoms with Gasteiger partial charge in [-0.3, -0.25) is 0 Å². The normalized spacial score (nSPS) is 16.7. The highest BCUT2D eigenvalue weighted by molar-refractivity contribution is 5.91. The first-order valence-corrected chi connectivity index (χ1v) is 10.5. The Morgan fingerprint density at radius 2 is 1.88 bits per heavy atom. The Morgan fingerprint density at radius 1 is 1.12 bits per heavy atom. The van der Waals surface area contributed by atoms with Gasteiger partial charge in [-0.05, 0) is 62.6 Å². The van der Waals surface area contributed by atoms with E-state index in [-0.39, 0.29) is 34.3 Å². The monoisotopic (exact) mass is 462 g/mol. The lowest BCUT2D eigenvalue weighted by Crippen LogP contribution is -2.38. The Balaban J connectivity index is 1.71. The first-order valence-electron chi connectivity index (χ1n) is 10.5. The van der Waals surface area contributed by atoms with E-state index in [4.69, 9.17) is 4.52 Å². The highest BCUT2D eigenvalue weighted by Crippen LogP contribution is 2.41. The number of nitrogens with zero attached hydrogens (tertiary/aromatic N) is 2. The van der Waals surface area contributed by atoms with Crippen LogP contribution in [0.4, 0.5) is 23.2 Å². The number of methoxy groups -OCH3 is 1. The van der Waals surface area contributed by atoms with Gasteiger partial charge in [0.25, 0.3) is 0 Å². The predicted octanol–water partition coefficient (Wildman–Crippen LogP) is 6.33. The number of rotatable bonds is 4. The van der Waals surface area contributed by atoms with Crippen molar-refractivity contribution >= 4 is 11.7 Å². The molecule has 2 aromatic carbocycles. The minimum absolute atomic E-state index is 0.0186. The molecule has 0 amide bonds. The van der Waals surface area contributed by atoms with E-state index < -0.39 is 23.5 Å². The van der Waals surface area contributed by atoms with Gasteiger partial charge in [-0.15, -0.1) is 0 Å². The second kappa shape index (κ2) is 8.88. The molecule has 0 aliphatic carbocycles. The molecule has 1 fully saturated rings. The summed E-state index contributed by atoms with van der Waals surface area (Å²) in [6, 6.07) is 9.31. The minimum Gasteiger partial charge on any atom is -0.465 e. The van der Waals surface area contributed by atoms with Crippen LogP contribution in [-0.2, 0) is 10.9 Å². The zero-order valence-electron chi connectivity index (χ0n) is 18.1. The van der Waals surface area contributed by atoms with Crippen molar-refractivity contribution in [3.05, 3.63) is 59.4 Å². The van der Waals surface area contributed by atoms with Crippen molar-refractivity contribution in [2.45, 2.75) is 38.4 Å². The molecule has 5 nitrogen and oxygen atoms in total. The van der Waals surface area contributed by atoms with Crippen molar-refractivity contribution in [2.75, 3.05) is 18.6 Å². The molecule has 3 aromatic rings. The van der Waals surface area contributed by atoms with E-state index >= 15 is 0 Å². The number of piperidine rings is 1. The Bertz CT molecular complexity index is 1170. The van der Waals surface area contributed by atoms with Crippen molar-refractivity contribution in [3.63, 3.8) is 0 Å². The second-order valence-electron chi connectivity index (χ2n) is 8.03. The number of carbonyl (C=O) groups is 1. The Kier molecular flexibility index (Phi) is 6.14. The van der Waals surface area contributed by atoms with Crippen molar-refractivity contribution in [3.8, 4) is 22.6 Å². The van der Waals surface area contributed by atoms with E-state index in [0.717, 1.165) is 38.5 Å². The van der Waals surface area contributed by atoms with Crippen LogP contribution in [0.5, 0.6) is 0 Å². The summed E-state index contributed by atoms with van der Waals surface area (Å²) in [6.45, 7) is 2.50. The van der Waals surface area contributed by atoms with E-state index in [2.05, 4.69) is 9.89 Å². The molecule has 33 heavy (non-hydrogen) atoms. The molecule has 4 rings (SSSR count). The molecule has 174 valence electrons. The van der Waals surface area contributed by atoms with Gasteiger partial charge in [-0.2, -0.15) is 13.2 Å². The molecule has 2 heterocycles. The number of carbonyl (C=O) groups excluding carboxylic acids is 1. The molecule has 0 bridgehead atoms. The number of hydrogen-bond acceptors (Lipinski definition) is 5. The lowest BCUT2D eigenvalue weighted by molar-refractivity contribution is -0.137. The van der Waals surface area contributed by atoms with E-state index in [1.807, 2.05) is 6.92 Å². The number of hydrogen-bond donors (Lipinski definition) is 0. The van der Waals surface area contributed by atoms with Crippen LogP contribution in [0.3, 0.4) is 0 Å². The number of benzene rings is 2. The van der Waals surface area contributed by atoms with Gasteiger partial charge in [-0.1, -0.05) is 5.16 Å². The molecular formula is C24H22F4N2O3. The number of anilines is 1. The fourth-order valence-electron chi connectivity index (χ4n) is 4.12. The van der Waals surface area contributed by atoms with Gasteiger partial charge in [0.05, 0.1) is 18.2 Å². The van der Waals surface area contributed by atoms with E-state index in [1.165, 1.54) is 24.3 Å². The summed E-state index contributed by atoms with van der Waals surface area (Å²) >= 11 is 0. The molecule has 1 aliphatic rings. The minimum atomic E-state index is -4.54.